The lowest BCUT2D eigenvalue weighted by Crippen LogP contribution is -2.32. The summed E-state index contributed by atoms with van der Waals surface area (Å²) >= 11 is 0. The highest BCUT2D eigenvalue weighted by atomic mass is 19.3. The molecule has 0 bridgehead atoms. The fourth-order valence-corrected chi connectivity index (χ4v) is 1.18. The van der Waals surface area contributed by atoms with E-state index < -0.39 is 30.7 Å². The minimum Gasteiger partial charge on any atom is -0.466 e. The van der Waals surface area contributed by atoms with Gasteiger partial charge in [-0.2, -0.15) is 8.78 Å². The molecule has 0 rings (SSSR count). The molecular formula is C13H22F2O4. The summed E-state index contributed by atoms with van der Waals surface area (Å²) in [6.07, 6.45) is 1.49. The summed E-state index contributed by atoms with van der Waals surface area (Å²) in [6, 6.07) is 0. The molecule has 112 valence electrons. The molecule has 0 aromatic carbocycles. The van der Waals surface area contributed by atoms with Crippen molar-refractivity contribution in [2.24, 2.45) is 0 Å². The van der Waals surface area contributed by atoms with Crippen LogP contribution in [0.25, 0.3) is 0 Å². The van der Waals surface area contributed by atoms with E-state index in [1.54, 1.807) is 0 Å². The van der Waals surface area contributed by atoms with Crippen LogP contribution in [0.2, 0.25) is 0 Å². The normalized spacial score (nSPS) is 11.2. The van der Waals surface area contributed by atoms with Crippen LogP contribution in [0.15, 0.2) is 0 Å². The molecule has 0 saturated heterocycles. The van der Waals surface area contributed by atoms with Crippen molar-refractivity contribution in [3.8, 4) is 0 Å². The van der Waals surface area contributed by atoms with E-state index in [4.69, 9.17) is 4.74 Å². The minimum absolute atomic E-state index is 0.0220. The number of halogens is 2. The maximum absolute atomic E-state index is 13.3. The first-order chi connectivity index (χ1) is 8.94. The molecule has 0 aromatic heterocycles. The first kappa shape index (κ1) is 17.8. The molecule has 0 amide bonds. The van der Waals surface area contributed by atoms with Crippen LogP contribution in [-0.4, -0.2) is 31.1 Å². The van der Waals surface area contributed by atoms with E-state index in [1.807, 2.05) is 13.8 Å². The van der Waals surface area contributed by atoms with Gasteiger partial charge in [0.25, 0.3) is 0 Å². The van der Waals surface area contributed by atoms with E-state index in [0.717, 1.165) is 12.8 Å². The van der Waals surface area contributed by atoms with Gasteiger partial charge in [-0.05, 0) is 12.8 Å². The number of hydrogen-bond donors (Lipinski definition) is 0. The largest absolute Gasteiger partial charge is 0.466 e. The van der Waals surface area contributed by atoms with Crippen molar-refractivity contribution < 1.29 is 27.8 Å². The third-order valence-corrected chi connectivity index (χ3v) is 2.43. The van der Waals surface area contributed by atoms with Crippen LogP contribution in [0, 0.1) is 0 Å². The Bertz CT molecular complexity index is 280. The first-order valence-electron chi connectivity index (χ1n) is 6.64. The van der Waals surface area contributed by atoms with Crippen molar-refractivity contribution >= 4 is 11.9 Å². The summed E-state index contributed by atoms with van der Waals surface area (Å²) in [5, 5.41) is 0. The number of esters is 2. The Morgan fingerprint density at radius 3 is 2.05 bits per heavy atom. The lowest BCUT2D eigenvalue weighted by atomic mass is 10.2. The maximum atomic E-state index is 13.3. The lowest BCUT2D eigenvalue weighted by Gasteiger charge is -2.14. The summed E-state index contributed by atoms with van der Waals surface area (Å²) in [4.78, 5) is 22.2. The Labute approximate surface area is 112 Å². The van der Waals surface area contributed by atoms with Crippen molar-refractivity contribution in [3.63, 3.8) is 0 Å². The van der Waals surface area contributed by atoms with Gasteiger partial charge >= 0.3 is 17.9 Å². The lowest BCUT2D eigenvalue weighted by molar-refractivity contribution is -0.174. The Morgan fingerprint density at radius 2 is 1.53 bits per heavy atom. The molecule has 19 heavy (non-hydrogen) atoms. The molecule has 0 fully saturated rings. The predicted octanol–water partition coefficient (Wildman–Crippen LogP) is 3.09. The quantitative estimate of drug-likeness (QED) is 0.456. The summed E-state index contributed by atoms with van der Waals surface area (Å²) in [5.74, 6) is -5.91. The number of ether oxygens (including phenoxy) is 2. The molecule has 0 saturated carbocycles. The third kappa shape index (κ3) is 8.51. The summed E-state index contributed by atoms with van der Waals surface area (Å²) in [7, 11) is 0. The number of carbonyl (C=O) groups is 2. The van der Waals surface area contributed by atoms with Gasteiger partial charge in [0, 0.05) is 6.42 Å². The Kier molecular flexibility index (Phi) is 9.08. The third-order valence-electron chi connectivity index (χ3n) is 2.43. The molecule has 0 aliphatic carbocycles. The Morgan fingerprint density at radius 1 is 1.00 bits per heavy atom. The summed E-state index contributed by atoms with van der Waals surface area (Å²) in [5.41, 5.74) is 0. The zero-order chi connectivity index (χ0) is 14.7. The first-order valence-corrected chi connectivity index (χ1v) is 6.64. The summed E-state index contributed by atoms with van der Waals surface area (Å²) < 4.78 is 35.8. The molecule has 4 nitrogen and oxygen atoms in total. The zero-order valence-electron chi connectivity index (χ0n) is 11.5. The smallest absolute Gasteiger partial charge is 0.376 e. The van der Waals surface area contributed by atoms with Gasteiger partial charge in [-0.25, -0.2) is 4.79 Å². The highest BCUT2D eigenvalue weighted by molar-refractivity contribution is 5.78. The monoisotopic (exact) mass is 280 g/mol. The second kappa shape index (κ2) is 9.69. The molecule has 0 radical (unpaired) electrons. The molecule has 0 aliphatic heterocycles. The topological polar surface area (TPSA) is 52.6 Å². The van der Waals surface area contributed by atoms with E-state index >= 15 is 0 Å². The van der Waals surface area contributed by atoms with Crippen molar-refractivity contribution in [1.29, 1.82) is 0 Å². The molecule has 0 spiro atoms. The van der Waals surface area contributed by atoms with Gasteiger partial charge in [0.05, 0.1) is 19.6 Å². The standard InChI is InChI=1S/C13H22F2O4/c1-3-5-9-18-11(16)7-8-13(14,15)12(17)19-10-6-4-2/h3-10H2,1-2H3. The molecule has 0 atom stereocenters. The maximum Gasteiger partial charge on any atom is 0.376 e. The Balaban J connectivity index is 3.93. The molecular weight excluding hydrogens is 258 g/mol. The van der Waals surface area contributed by atoms with Gasteiger partial charge < -0.3 is 9.47 Å². The van der Waals surface area contributed by atoms with E-state index in [-0.39, 0.29) is 13.2 Å². The second-order valence-corrected chi connectivity index (χ2v) is 4.27. The molecule has 0 N–H and O–H groups in total. The number of rotatable bonds is 10. The average molecular weight is 280 g/mol. The van der Waals surface area contributed by atoms with Crippen LogP contribution < -0.4 is 0 Å². The SMILES string of the molecule is CCCCOC(=O)CCC(F)(F)C(=O)OCCCC. The van der Waals surface area contributed by atoms with E-state index in [2.05, 4.69) is 4.74 Å². The van der Waals surface area contributed by atoms with Crippen LogP contribution in [0.5, 0.6) is 0 Å². The number of unbranched alkanes of at least 4 members (excludes halogenated alkanes) is 2. The fourth-order valence-electron chi connectivity index (χ4n) is 1.18. The van der Waals surface area contributed by atoms with Gasteiger partial charge in [0.2, 0.25) is 0 Å². The summed E-state index contributed by atoms with van der Waals surface area (Å²) in [6.45, 7) is 3.99. The van der Waals surface area contributed by atoms with Gasteiger partial charge in [-0.3, -0.25) is 4.79 Å². The number of alkyl halides is 2. The van der Waals surface area contributed by atoms with E-state index in [1.165, 1.54) is 0 Å². The molecule has 0 aromatic rings. The average Bonchev–Trinajstić information content (AvgIpc) is 2.37. The van der Waals surface area contributed by atoms with Crippen molar-refractivity contribution in [3.05, 3.63) is 0 Å². The van der Waals surface area contributed by atoms with E-state index in [9.17, 15) is 18.4 Å². The van der Waals surface area contributed by atoms with Crippen molar-refractivity contribution in [2.75, 3.05) is 13.2 Å². The molecule has 0 unspecified atom stereocenters. The number of carbonyl (C=O) groups excluding carboxylic acids is 2. The van der Waals surface area contributed by atoms with Crippen LogP contribution in [0.4, 0.5) is 8.78 Å². The zero-order valence-corrected chi connectivity index (χ0v) is 11.5. The van der Waals surface area contributed by atoms with Crippen LogP contribution >= 0.6 is 0 Å². The van der Waals surface area contributed by atoms with Gasteiger partial charge in [-0.15, -0.1) is 0 Å². The molecule has 0 heterocycles. The van der Waals surface area contributed by atoms with Gasteiger partial charge in [-0.1, -0.05) is 26.7 Å². The fraction of sp³-hybridized carbons (Fsp3) is 0.846. The second-order valence-electron chi connectivity index (χ2n) is 4.27. The highest BCUT2D eigenvalue weighted by Gasteiger charge is 2.40. The number of hydrogen-bond acceptors (Lipinski definition) is 4. The highest BCUT2D eigenvalue weighted by Crippen LogP contribution is 2.22. The van der Waals surface area contributed by atoms with Crippen LogP contribution in [0.3, 0.4) is 0 Å². The van der Waals surface area contributed by atoms with Gasteiger partial charge in [0.1, 0.15) is 0 Å². The van der Waals surface area contributed by atoms with Crippen molar-refractivity contribution in [2.45, 2.75) is 58.3 Å². The van der Waals surface area contributed by atoms with Crippen molar-refractivity contribution in [1.82, 2.24) is 0 Å². The van der Waals surface area contributed by atoms with Gasteiger partial charge in [0.15, 0.2) is 0 Å². The molecule has 6 heteroatoms. The van der Waals surface area contributed by atoms with E-state index in [0.29, 0.717) is 12.8 Å². The predicted molar refractivity (Wildman–Crippen MR) is 65.9 cm³/mol. The van der Waals surface area contributed by atoms with Crippen LogP contribution in [-0.2, 0) is 19.1 Å². The Hall–Kier alpha value is -1.20. The minimum atomic E-state index is -3.63. The van der Waals surface area contributed by atoms with Crippen LogP contribution in [0.1, 0.15) is 52.4 Å². The molecule has 0 aliphatic rings.